The van der Waals surface area contributed by atoms with E-state index in [0.717, 1.165) is 18.4 Å². The summed E-state index contributed by atoms with van der Waals surface area (Å²) in [7, 11) is 0. The summed E-state index contributed by atoms with van der Waals surface area (Å²) in [5.41, 5.74) is 0.535. The second-order valence-electron chi connectivity index (χ2n) is 6.36. The number of hydrogen-bond donors (Lipinski definition) is 0. The van der Waals surface area contributed by atoms with Crippen molar-refractivity contribution in [1.82, 2.24) is 0 Å². The summed E-state index contributed by atoms with van der Waals surface area (Å²) in [6.45, 7) is 6.49. The van der Waals surface area contributed by atoms with Crippen LogP contribution < -0.4 is 0 Å². The van der Waals surface area contributed by atoms with Crippen LogP contribution in [0, 0.1) is 17.7 Å². The van der Waals surface area contributed by atoms with E-state index in [4.69, 9.17) is 11.6 Å². The van der Waals surface area contributed by atoms with E-state index in [0.29, 0.717) is 16.3 Å². The Morgan fingerprint density at radius 2 is 2.00 bits per heavy atom. The van der Waals surface area contributed by atoms with Crippen LogP contribution in [0.5, 0.6) is 0 Å². The summed E-state index contributed by atoms with van der Waals surface area (Å²) in [4.78, 5) is 0. The zero-order valence-corrected chi connectivity index (χ0v) is 14.1. The number of rotatable bonds is 2. The third-order valence-electron chi connectivity index (χ3n) is 4.61. The first-order valence-electron chi connectivity index (χ1n) is 6.92. The van der Waals surface area contributed by atoms with Crippen LogP contribution in [0.3, 0.4) is 0 Å². The molecule has 0 saturated heterocycles. The molecule has 19 heavy (non-hydrogen) atoms. The van der Waals surface area contributed by atoms with Crippen LogP contribution in [0.25, 0.3) is 0 Å². The minimum atomic E-state index is -0.236. The molecule has 1 aromatic rings. The van der Waals surface area contributed by atoms with Gasteiger partial charge in [-0.05, 0) is 57.7 Å². The monoisotopic (exact) mass is 346 g/mol. The van der Waals surface area contributed by atoms with Gasteiger partial charge in [-0.3, -0.25) is 0 Å². The summed E-state index contributed by atoms with van der Waals surface area (Å²) in [5.74, 6) is 0.867. The van der Waals surface area contributed by atoms with Crippen molar-refractivity contribution in [1.29, 1.82) is 0 Å². The van der Waals surface area contributed by atoms with Gasteiger partial charge < -0.3 is 0 Å². The molecule has 0 N–H and O–H groups in total. The minimum absolute atomic E-state index is 0.136. The third-order valence-corrected chi connectivity index (χ3v) is 5.70. The van der Waals surface area contributed by atoms with Gasteiger partial charge in [0.15, 0.2) is 0 Å². The fraction of sp³-hybridized carbons (Fsp3) is 0.625. The van der Waals surface area contributed by atoms with Crippen LogP contribution in [-0.4, -0.2) is 5.38 Å². The van der Waals surface area contributed by atoms with Crippen LogP contribution in [0.2, 0.25) is 0 Å². The Kier molecular flexibility index (Phi) is 4.62. The second-order valence-corrected chi connectivity index (χ2v) is 7.78. The first-order chi connectivity index (χ1) is 8.84. The zero-order chi connectivity index (χ0) is 14.2. The summed E-state index contributed by atoms with van der Waals surface area (Å²) in [6, 6.07) is 5.54. The molecule has 0 spiro atoms. The summed E-state index contributed by atoms with van der Waals surface area (Å²) in [5, 5.41) is 0.136. The highest BCUT2D eigenvalue weighted by molar-refractivity contribution is 9.10. The standard InChI is InChI=1S/C16H21BrClF/c1-10-7-8-11(14(18)9-10)16(2,3)12-5-4-6-13(17)15(12)19/h4-6,10-11,14H,7-9H2,1-3H3. The SMILES string of the molecule is CC1CCC(C(C)(C)c2cccc(Br)c2F)C(Cl)C1. The lowest BCUT2D eigenvalue weighted by atomic mass is 9.65. The number of halogens is 3. The van der Waals surface area contributed by atoms with E-state index in [1.54, 1.807) is 6.07 Å². The third kappa shape index (κ3) is 3.00. The van der Waals surface area contributed by atoms with Crippen LogP contribution in [-0.2, 0) is 5.41 Å². The highest BCUT2D eigenvalue weighted by atomic mass is 79.9. The summed E-state index contributed by atoms with van der Waals surface area (Å²) >= 11 is 9.85. The first kappa shape index (κ1) is 15.3. The molecule has 0 aromatic heterocycles. The Morgan fingerprint density at radius 1 is 1.32 bits per heavy atom. The second kappa shape index (κ2) is 5.73. The Balaban J connectivity index is 2.33. The van der Waals surface area contributed by atoms with E-state index in [2.05, 4.69) is 36.7 Å². The van der Waals surface area contributed by atoms with Gasteiger partial charge in [-0.15, -0.1) is 11.6 Å². The number of alkyl halides is 1. The molecule has 2 rings (SSSR count). The number of hydrogen-bond acceptors (Lipinski definition) is 0. The molecule has 1 fully saturated rings. The molecule has 106 valence electrons. The molecule has 0 amide bonds. The molecule has 3 atom stereocenters. The predicted octanol–water partition coefficient (Wildman–Crippen LogP) is 5.91. The Hall–Kier alpha value is -0.0800. The molecule has 1 aliphatic rings. The normalized spacial score (nSPS) is 28.4. The van der Waals surface area contributed by atoms with Gasteiger partial charge in [-0.1, -0.05) is 39.3 Å². The van der Waals surface area contributed by atoms with Gasteiger partial charge in [-0.25, -0.2) is 4.39 Å². The van der Waals surface area contributed by atoms with Crippen molar-refractivity contribution in [3.05, 3.63) is 34.1 Å². The molecule has 1 aromatic carbocycles. The maximum atomic E-state index is 14.4. The maximum absolute atomic E-state index is 14.4. The van der Waals surface area contributed by atoms with Crippen LogP contribution in [0.1, 0.15) is 45.6 Å². The van der Waals surface area contributed by atoms with Crippen LogP contribution >= 0.6 is 27.5 Å². The van der Waals surface area contributed by atoms with Crippen LogP contribution in [0.4, 0.5) is 4.39 Å². The molecule has 1 aliphatic carbocycles. The largest absolute Gasteiger partial charge is 0.205 e. The molecule has 0 heterocycles. The van der Waals surface area contributed by atoms with Gasteiger partial charge in [0.1, 0.15) is 5.82 Å². The van der Waals surface area contributed by atoms with Crippen molar-refractivity contribution in [3.63, 3.8) is 0 Å². The fourth-order valence-corrected chi connectivity index (χ4v) is 4.44. The average Bonchev–Trinajstić information content (AvgIpc) is 2.31. The van der Waals surface area contributed by atoms with Crippen molar-refractivity contribution in [2.75, 3.05) is 0 Å². The first-order valence-corrected chi connectivity index (χ1v) is 8.15. The smallest absolute Gasteiger partial charge is 0.141 e. The van der Waals surface area contributed by atoms with E-state index < -0.39 is 0 Å². The van der Waals surface area contributed by atoms with E-state index in [9.17, 15) is 4.39 Å². The van der Waals surface area contributed by atoms with Crippen molar-refractivity contribution in [3.8, 4) is 0 Å². The van der Waals surface area contributed by atoms with E-state index >= 15 is 0 Å². The molecule has 0 aliphatic heterocycles. The molecule has 3 unspecified atom stereocenters. The Labute approximate surface area is 128 Å². The summed E-state index contributed by atoms with van der Waals surface area (Å²) < 4.78 is 14.9. The van der Waals surface area contributed by atoms with Crippen molar-refractivity contribution >= 4 is 27.5 Å². The Bertz CT molecular complexity index is 458. The van der Waals surface area contributed by atoms with Crippen molar-refractivity contribution in [2.45, 2.75) is 50.8 Å². The van der Waals surface area contributed by atoms with Gasteiger partial charge in [-0.2, -0.15) is 0 Å². The van der Waals surface area contributed by atoms with E-state index in [-0.39, 0.29) is 16.6 Å². The van der Waals surface area contributed by atoms with Gasteiger partial charge >= 0.3 is 0 Å². The average molecular weight is 348 g/mol. The van der Waals surface area contributed by atoms with Crippen molar-refractivity contribution < 1.29 is 4.39 Å². The lowest BCUT2D eigenvalue weighted by Gasteiger charge is -2.42. The fourth-order valence-electron chi connectivity index (χ4n) is 3.33. The topological polar surface area (TPSA) is 0 Å². The number of benzene rings is 1. The quantitative estimate of drug-likeness (QED) is 0.583. The minimum Gasteiger partial charge on any atom is -0.205 e. The molecule has 0 nitrogen and oxygen atoms in total. The predicted molar refractivity (Wildman–Crippen MR) is 83.3 cm³/mol. The zero-order valence-electron chi connectivity index (χ0n) is 11.7. The van der Waals surface area contributed by atoms with Crippen LogP contribution in [0.15, 0.2) is 22.7 Å². The van der Waals surface area contributed by atoms with E-state index in [1.807, 2.05) is 12.1 Å². The molecule has 0 radical (unpaired) electrons. The van der Waals surface area contributed by atoms with Gasteiger partial charge in [0, 0.05) is 5.38 Å². The lowest BCUT2D eigenvalue weighted by Crippen LogP contribution is -2.39. The maximum Gasteiger partial charge on any atom is 0.141 e. The molecular formula is C16H21BrClF. The van der Waals surface area contributed by atoms with Gasteiger partial charge in [0.25, 0.3) is 0 Å². The highest BCUT2D eigenvalue weighted by Crippen LogP contribution is 2.45. The van der Waals surface area contributed by atoms with E-state index in [1.165, 1.54) is 6.42 Å². The van der Waals surface area contributed by atoms with Crippen molar-refractivity contribution in [2.24, 2.45) is 11.8 Å². The molecule has 0 bridgehead atoms. The molecule has 1 saturated carbocycles. The summed E-state index contributed by atoms with van der Waals surface area (Å²) in [6.07, 6.45) is 3.30. The Morgan fingerprint density at radius 3 is 2.63 bits per heavy atom. The lowest BCUT2D eigenvalue weighted by molar-refractivity contribution is 0.203. The highest BCUT2D eigenvalue weighted by Gasteiger charge is 2.40. The molecular weight excluding hydrogens is 327 g/mol. The van der Waals surface area contributed by atoms with Gasteiger partial charge in [0.05, 0.1) is 4.47 Å². The van der Waals surface area contributed by atoms with Gasteiger partial charge in [0.2, 0.25) is 0 Å². The molecule has 3 heteroatoms.